The quantitative estimate of drug-likeness (QED) is 0.667. The topological polar surface area (TPSA) is 52.6 Å². The van der Waals surface area contributed by atoms with Crippen molar-refractivity contribution >= 4 is 38.6 Å². The van der Waals surface area contributed by atoms with E-state index in [-0.39, 0.29) is 0 Å². The van der Waals surface area contributed by atoms with Gasteiger partial charge in [-0.3, -0.25) is 0 Å². The Bertz CT molecular complexity index is 904. The first-order chi connectivity index (χ1) is 13.4. The molecule has 1 N–H and O–H groups in total. The molecule has 0 aliphatic carbocycles. The Kier molecular flexibility index (Phi) is 5.99. The zero-order valence-corrected chi connectivity index (χ0v) is 18.4. The van der Waals surface area contributed by atoms with Gasteiger partial charge in [-0.05, 0) is 60.9 Å². The second-order valence-corrected chi connectivity index (χ2v) is 11.3. The normalized spacial score (nSPS) is 23.2. The maximum atomic E-state index is 12.7. The van der Waals surface area contributed by atoms with Gasteiger partial charge in [-0.2, -0.15) is 4.31 Å². The lowest BCUT2D eigenvalue weighted by molar-refractivity contribution is 0.296. The standard InChI is InChI=1S/C20H26ClN3O2S2/c1-15-5-6-18(10-19(15)21)22-7-3-8-23-11-16-13-24(14-17(16)12-23)28(25,26)20-4-2-9-27-20/h2,4-6,9-10,16-17,22H,3,7-8,11-14H2,1H3. The molecule has 5 nitrogen and oxygen atoms in total. The molecule has 0 amide bonds. The van der Waals surface area contributed by atoms with Crippen LogP contribution in [-0.2, 0) is 10.0 Å². The second-order valence-electron chi connectivity index (χ2n) is 7.78. The molecular weight excluding hydrogens is 414 g/mol. The molecule has 0 saturated carbocycles. The van der Waals surface area contributed by atoms with Gasteiger partial charge in [-0.25, -0.2) is 8.42 Å². The maximum absolute atomic E-state index is 12.7. The SMILES string of the molecule is Cc1ccc(NCCCN2CC3CN(S(=O)(=O)c4cccs4)CC3C2)cc1Cl. The molecule has 2 aliphatic rings. The Morgan fingerprint density at radius 1 is 1.18 bits per heavy atom. The summed E-state index contributed by atoms with van der Waals surface area (Å²) >= 11 is 7.47. The third-order valence-corrected chi connectivity index (χ3v) is 9.38. The van der Waals surface area contributed by atoms with Gasteiger partial charge >= 0.3 is 0 Å². The summed E-state index contributed by atoms with van der Waals surface area (Å²) in [4.78, 5) is 2.48. The lowest BCUT2D eigenvalue weighted by Gasteiger charge is -2.21. The Morgan fingerprint density at radius 2 is 1.93 bits per heavy atom. The number of halogens is 1. The lowest BCUT2D eigenvalue weighted by Crippen LogP contribution is -2.33. The van der Waals surface area contributed by atoms with Gasteiger partial charge < -0.3 is 10.2 Å². The smallest absolute Gasteiger partial charge is 0.252 e. The monoisotopic (exact) mass is 439 g/mol. The van der Waals surface area contributed by atoms with E-state index in [1.807, 2.05) is 24.4 Å². The fourth-order valence-corrected chi connectivity index (χ4v) is 7.08. The lowest BCUT2D eigenvalue weighted by atomic mass is 10.0. The first-order valence-electron chi connectivity index (χ1n) is 9.69. The minimum Gasteiger partial charge on any atom is -0.385 e. The largest absolute Gasteiger partial charge is 0.385 e. The molecule has 3 heterocycles. The van der Waals surface area contributed by atoms with E-state index in [1.54, 1.807) is 16.4 Å². The fourth-order valence-electron chi connectivity index (χ4n) is 4.20. The summed E-state index contributed by atoms with van der Waals surface area (Å²) in [5.41, 5.74) is 2.15. The van der Waals surface area contributed by atoms with Crippen LogP contribution in [0.25, 0.3) is 0 Å². The number of anilines is 1. The second kappa shape index (κ2) is 8.32. The molecule has 4 rings (SSSR count). The van der Waals surface area contributed by atoms with E-state index in [4.69, 9.17) is 11.6 Å². The van der Waals surface area contributed by atoms with Gasteiger partial charge in [0.05, 0.1) is 0 Å². The summed E-state index contributed by atoms with van der Waals surface area (Å²) in [6.45, 7) is 7.25. The number of benzene rings is 1. The van der Waals surface area contributed by atoms with E-state index >= 15 is 0 Å². The van der Waals surface area contributed by atoms with E-state index < -0.39 is 10.0 Å². The molecule has 2 aromatic rings. The predicted molar refractivity (Wildman–Crippen MR) is 116 cm³/mol. The van der Waals surface area contributed by atoms with Crippen molar-refractivity contribution in [3.63, 3.8) is 0 Å². The van der Waals surface area contributed by atoms with Gasteiger partial charge in [0.2, 0.25) is 0 Å². The number of aryl methyl sites for hydroxylation is 1. The van der Waals surface area contributed by atoms with Gasteiger partial charge in [0, 0.05) is 43.4 Å². The summed E-state index contributed by atoms with van der Waals surface area (Å²) in [7, 11) is -3.30. The zero-order chi connectivity index (χ0) is 19.7. The van der Waals surface area contributed by atoms with Crippen molar-refractivity contribution in [3.8, 4) is 0 Å². The molecule has 0 radical (unpaired) electrons. The third kappa shape index (κ3) is 4.24. The van der Waals surface area contributed by atoms with Crippen molar-refractivity contribution in [2.45, 2.75) is 17.6 Å². The minimum absolute atomic E-state index is 0.457. The van der Waals surface area contributed by atoms with Gasteiger partial charge in [-0.15, -0.1) is 11.3 Å². The highest BCUT2D eigenvalue weighted by molar-refractivity contribution is 7.91. The predicted octanol–water partition coefficient (Wildman–Crippen LogP) is 3.76. The first kappa shape index (κ1) is 20.2. The molecule has 8 heteroatoms. The van der Waals surface area contributed by atoms with Gasteiger partial charge in [0.1, 0.15) is 4.21 Å². The molecule has 2 atom stereocenters. The molecule has 1 aromatic carbocycles. The number of nitrogens with zero attached hydrogens (tertiary/aromatic N) is 2. The van der Waals surface area contributed by atoms with Crippen LogP contribution in [0.3, 0.4) is 0 Å². The molecule has 1 aromatic heterocycles. The zero-order valence-electron chi connectivity index (χ0n) is 16.0. The van der Waals surface area contributed by atoms with Crippen molar-refractivity contribution < 1.29 is 8.42 Å². The minimum atomic E-state index is -3.30. The van der Waals surface area contributed by atoms with Crippen LogP contribution in [0, 0.1) is 18.8 Å². The number of hydrogen-bond acceptors (Lipinski definition) is 5. The third-order valence-electron chi connectivity index (χ3n) is 5.77. The number of nitrogens with one attached hydrogen (secondary N) is 1. The molecule has 0 bridgehead atoms. The van der Waals surface area contributed by atoms with Crippen LogP contribution in [0.5, 0.6) is 0 Å². The van der Waals surface area contributed by atoms with E-state index in [0.29, 0.717) is 29.1 Å². The van der Waals surface area contributed by atoms with Crippen molar-refractivity contribution in [3.05, 3.63) is 46.3 Å². The number of fused-ring (bicyclic) bond motifs is 1. The van der Waals surface area contributed by atoms with Crippen LogP contribution in [0.1, 0.15) is 12.0 Å². The van der Waals surface area contributed by atoms with Crippen LogP contribution >= 0.6 is 22.9 Å². The molecule has 152 valence electrons. The summed E-state index contributed by atoms with van der Waals surface area (Å²) < 4.78 is 27.6. The van der Waals surface area contributed by atoms with E-state index in [1.165, 1.54) is 11.3 Å². The molecule has 2 unspecified atom stereocenters. The number of rotatable bonds is 7. The number of likely N-dealkylation sites (tertiary alicyclic amines) is 1. The number of hydrogen-bond donors (Lipinski definition) is 1. The van der Waals surface area contributed by atoms with Crippen LogP contribution in [-0.4, -0.2) is 56.9 Å². The summed E-state index contributed by atoms with van der Waals surface area (Å²) in [5, 5.41) is 6.05. The highest BCUT2D eigenvalue weighted by Gasteiger charge is 2.44. The molecular formula is C20H26ClN3O2S2. The maximum Gasteiger partial charge on any atom is 0.252 e. The average molecular weight is 440 g/mol. The summed E-state index contributed by atoms with van der Waals surface area (Å²) in [6, 6.07) is 9.57. The fraction of sp³-hybridized carbons (Fsp3) is 0.500. The Balaban J connectivity index is 1.22. The van der Waals surface area contributed by atoms with E-state index in [2.05, 4.69) is 16.3 Å². The van der Waals surface area contributed by atoms with Crippen molar-refractivity contribution in [1.82, 2.24) is 9.21 Å². The molecule has 2 saturated heterocycles. The van der Waals surface area contributed by atoms with E-state index in [0.717, 1.165) is 48.9 Å². The Morgan fingerprint density at radius 3 is 2.57 bits per heavy atom. The number of thiophene rings is 1. The van der Waals surface area contributed by atoms with Crippen LogP contribution < -0.4 is 5.32 Å². The number of sulfonamides is 1. The summed E-state index contributed by atoms with van der Waals surface area (Å²) in [6.07, 6.45) is 1.06. The Labute approximate surface area is 176 Å². The van der Waals surface area contributed by atoms with Gasteiger partial charge in [0.15, 0.2) is 0 Å². The van der Waals surface area contributed by atoms with Crippen molar-refractivity contribution in [2.24, 2.45) is 11.8 Å². The van der Waals surface area contributed by atoms with Crippen LogP contribution in [0.4, 0.5) is 5.69 Å². The van der Waals surface area contributed by atoms with Crippen LogP contribution in [0.15, 0.2) is 39.9 Å². The molecule has 0 spiro atoms. The van der Waals surface area contributed by atoms with Crippen LogP contribution in [0.2, 0.25) is 5.02 Å². The van der Waals surface area contributed by atoms with Crippen molar-refractivity contribution in [2.75, 3.05) is 44.6 Å². The highest BCUT2D eigenvalue weighted by atomic mass is 35.5. The first-order valence-corrected chi connectivity index (χ1v) is 12.4. The van der Waals surface area contributed by atoms with Crippen molar-refractivity contribution in [1.29, 1.82) is 0 Å². The highest BCUT2D eigenvalue weighted by Crippen LogP contribution is 2.35. The van der Waals surface area contributed by atoms with E-state index in [9.17, 15) is 8.42 Å². The average Bonchev–Trinajstić information content (AvgIpc) is 3.38. The van der Waals surface area contributed by atoms with Gasteiger partial charge in [-0.1, -0.05) is 23.7 Å². The molecule has 28 heavy (non-hydrogen) atoms. The van der Waals surface area contributed by atoms with Gasteiger partial charge in [0.25, 0.3) is 10.0 Å². The Hall–Kier alpha value is -1.12. The molecule has 2 fully saturated rings. The summed E-state index contributed by atoms with van der Waals surface area (Å²) in [5.74, 6) is 0.914. The molecule has 2 aliphatic heterocycles.